The zero-order valence-electron chi connectivity index (χ0n) is 16.1. The van der Waals surface area contributed by atoms with Gasteiger partial charge in [0.1, 0.15) is 5.76 Å². The fourth-order valence-corrected chi connectivity index (χ4v) is 3.52. The average Bonchev–Trinajstić information content (AvgIpc) is 3.07. The highest BCUT2D eigenvalue weighted by atomic mass is 16.4. The van der Waals surface area contributed by atoms with Gasteiger partial charge >= 0.3 is 0 Å². The van der Waals surface area contributed by atoms with Crippen LogP contribution in [0.15, 0.2) is 39.9 Å². The summed E-state index contributed by atoms with van der Waals surface area (Å²) in [6, 6.07) is 6.06. The molecule has 0 N–H and O–H groups in total. The topological polar surface area (TPSA) is 67.4 Å². The first-order chi connectivity index (χ1) is 13.0. The van der Waals surface area contributed by atoms with Gasteiger partial charge in [-0.25, -0.2) is 9.97 Å². The number of aryl methyl sites for hydroxylation is 1. The number of piperazine rings is 1. The number of fused-ring (bicyclic) bond motifs is 1. The van der Waals surface area contributed by atoms with Crippen molar-refractivity contribution in [3.63, 3.8) is 0 Å². The van der Waals surface area contributed by atoms with Gasteiger partial charge < -0.3 is 9.32 Å². The van der Waals surface area contributed by atoms with E-state index in [1.165, 1.54) is 0 Å². The largest absolute Gasteiger partial charge is 0.445 e. The first-order valence-corrected chi connectivity index (χ1v) is 9.41. The third kappa shape index (κ3) is 3.60. The lowest BCUT2D eigenvalue weighted by molar-refractivity contribution is 0.225. The molecule has 27 heavy (non-hydrogen) atoms. The van der Waals surface area contributed by atoms with E-state index < -0.39 is 0 Å². The Balaban J connectivity index is 1.47. The highest BCUT2D eigenvalue weighted by Crippen LogP contribution is 2.21. The molecule has 1 aromatic carbocycles. The lowest BCUT2D eigenvalue weighted by Crippen LogP contribution is -2.46. The van der Waals surface area contributed by atoms with Crippen LogP contribution in [-0.4, -0.2) is 45.6 Å². The summed E-state index contributed by atoms with van der Waals surface area (Å²) in [7, 11) is 0. The molecule has 1 aliphatic rings. The molecule has 0 saturated carbocycles. The van der Waals surface area contributed by atoms with Crippen LogP contribution in [0.5, 0.6) is 0 Å². The van der Waals surface area contributed by atoms with Crippen molar-refractivity contribution in [1.82, 2.24) is 19.4 Å². The Bertz CT molecular complexity index is 999. The maximum absolute atomic E-state index is 12.6. The minimum atomic E-state index is 0.0209. The van der Waals surface area contributed by atoms with Crippen LogP contribution in [0.4, 0.5) is 5.69 Å². The standard InChI is InChI=1S/C20H25N5O2/c1-14(2)25-13-22-18-10-16(4-5-17(18)20(25)26)24-8-6-23(7-9-24)12-19-21-11-15(3)27-19/h4-5,10-11,13-14H,6-9,12H2,1-3H3. The monoisotopic (exact) mass is 367 g/mol. The summed E-state index contributed by atoms with van der Waals surface area (Å²) in [6.45, 7) is 10.4. The predicted molar refractivity (Wildman–Crippen MR) is 105 cm³/mol. The second-order valence-electron chi connectivity index (χ2n) is 7.38. The molecule has 0 unspecified atom stereocenters. The van der Waals surface area contributed by atoms with Gasteiger partial charge in [-0.05, 0) is 39.0 Å². The van der Waals surface area contributed by atoms with Gasteiger partial charge in [0.25, 0.3) is 5.56 Å². The smallest absolute Gasteiger partial charge is 0.261 e. The van der Waals surface area contributed by atoms with Gasteiger partial charge in [-0.2, -0.15) is 0 Å². The Hall–Kier alpha value is -2.67. The van der Waals surface area contributed by atoms with E-state index >= 15 is 0 Å². The summed E-state index contributed by atoms with van der Waals surface area (Å²) in [5.41, 5.74) is 1.89. The predicted octanol–water partition coefficient (Wildman–Crippen LogP) is 2.60. The molecule has 0 amide bonds. The first kappa shape index (κ1) is 17.7. The summed E-state index contributed by atoms with van der Waals surface area (Å²) in [6.07, 6.45) is 3.41. The van der Waals surface area contributed by atoms with Crippen molar-refractivity contribution in [3.05, 3.63) is 52.7 Å². The Morgan fingerprint density at radius 1 is 1.15 bits per heavy atom. The van der Waals surface area contributed by atoms with Crippen LogP contribution in [0, 0.1) is 6.92 Å². The molecule has 1 fully saturated rings. The van der Waals surface area contributed by atoms with E-state index in [4.69, 9.17) is 4.42 Å². The van der Waals surface area contributed by atoms with E-state index in [9.17, 15) is 4.79 Å². The Morgan fingerprint density at radius 3 is 2.59 bits per heavy atom. The van der Waals surface area contributed by atoms with E-state index in [-0.39, 0.29) is 11.6 Å². The molecular weight excluding hydrogens is 342 g/mol. The van der Waals surface area contributed by atoms with Crippen molar-refractivity contribution in [2.75, 3.05) is 31.1 Å². The molecule has 7 nitrogen and oxygen atoms in total. The van der Waals surface area contributed by atoms with Gasteiger partial charge in [0.15, 0.2) is 0 Å². The third-order valence-electron chi connectivity index (χ3n) is 5.09. The van der Waals surface area contributed by atoms with E-state index in [0.717, 1.165) is 55.6 Å². The summed E-state index contributed by atoms with van der Waals surface area (Å²) >= 11 is 0. The number of anilines is 1. The molecule has 4 rings (SSSR count). The van der Waals surface area contributed by atoms with Crippen molar-refractivity contribution in [1.29, 1.82) is 0 Å². The quantitative estimate of drug-likeness (QED) is 0.706. The van der Waals surface area contributed by atoms with Gasteiger partial charge in [-0.3, -0.25) is 14.3 Å². The highest BCUT2D eigenvalue weighted by molar-refractivity contribution is 5.81. The van der Waals surface area contributed by atoms with Gasteiger partial charge in [0.2, 0.25) is 5.89 Å². The Morgan fingerprint density at radius 2 is 1.93 bits per heavy atom. The van der Waals surface area contributed by atoms with Gasteiger partial charge in [0, 0.05) is 37.9 Å². The highest BCUT2D eigenvalue weighted by Gasteiger charge is 2.19. The van der Waals surface area contributed by atoms with E-state index in [1.54, 1.807) is 17.1 Å². The molecule has 1 saturated heterocycles. The fraction of sp³-hybridized carbons (Fsp3) is 0.450. The molecule has 0 atom stereocenters. The van der Waals surface area contributed by atoms with Gasteiger partial charge in [-0.15, -0.1) is 0 Å². The number of oxazole rings is 1. The molecular formula is C20H25N5O2. The molecule has 3 heterocycles. The van der Waals surface area contributed by atoms with Crippen LogP contribution in [0.2, 0.25) is 0 Å². The van der Waals surface area contributed by atoms with Gasteiger partial charge in [0.05, 0.1) is 30.0 Å². The Labute approximate surface area is 158 Å². The summed E-state index contributed by atoms with van der Waals surface area (Å²) in [5.74, 6) is 1.63. The van der Waals surface area contributed by atoms with Crippen molar-refractivity contribution in [3.8, 4) is 0 Å². The molecule has 2 aromatic heterocycles. The van der Waals surface area contributed by atoms with Crippen LogP contribution in [0.3, 0.4) is 0 Å². The zero-order valence-corrected chi connectivity index (χ0v) is 16.1. The number of aromatic nitrogens is 3. The van der Waals surface area contributed by atoms with Crippen molar-refractivity contribution >= 4 is 16.6 Å². The third-order valence-corrected chi connectivity index (χ3v) is 5.09. The summed E-state index contributed by atoms with van der Waals surface area (Å²) < 4.78 is 7.25. The van der Waals surface area contributed by atoms with Gasteiger partial charge in [-0.1, -0.05) is 0 Å². The van der Waals surface area contributed by atoms with Crippen LogP contribution in [0.25, 0.3) is 10.9 Å². The lowest BCUT2D eigenvalue weighted by Gasteiger charge is -2.35. The minimum Gasteiger partial charge on any atom is -0.445 e. The van der Waals surface area contributed by atoms with Crippen molar-refractivity contribution < 1.29 is 4.42 Å². The van der Waals surface area contributed by atoms with Crippen LogP contribution < -0.4 is 10.5 Å². The molecule has 1 aliphatic heterocycles. The molecule has 0 spiro atoms. The number of hydrogen-bond acceptors (Lipinski definition) is 6. The SMILES string of the molecule is Cc1cnc(CN2CCN(c3ccc4c(=O)n(C(C)C)cnc4c3)CC2)o1. The van der Waals surface area contributed by atoms with Crippen LogP contribution in [0.1, 0.15) is 31.5 Å². The lowest BCUT2D eigenvalue weighted by atomic mass is 10.2. The fourth-order valence-electron chi connectivity index (χ4n) is 3.52. The zero-order chi connectivity index (χ0) is 19.0. The minimum absolute atomic E-state index is 0.0209. The molecule has 0 aliphatic carbocycles. The molecule has 3 aromatic rings. The van der Waals surface area contributed by atoms with E-state index in [1.807, 2.05) is 39.0 Å². The van der Waals surface area contributed by atoms with Crippen LogP contribution in [-0.2, 0) is 6.54 Å². The second-order valence-corrected chi connectivity index (χ2v) is 7.38. The summed E-state index contributed by atoms with van der Waals surface area (Å²) in [4.78, 5) is 26.0. The Kier molecular flexibility index (Phi) is 4.70. The van der Waals surface area contributed by atoms with Crippen molar-refractivity contribution in [2.24, 2.45) is 0 Å². The average molecular weight is 367 g/mol. The number of hydrogen-bond donors (Lipinski definition) is 0. The molecule has 7 heteroatoms. The first-order valence-electron chi connectivity index (χ1n) is 9.41. The summed E-state index contributed by atoms with van der Waals surface area (Å²) in [5, 5.41) is 0.674. The van der Waals surface area contributed by atoms with Crippen molar-refractivity contribution in [2.45, 2.75) is 33.4 Å². The molecule has 0 bridgehead atoms. The maximum atomic E-state index is 12.6. The number of nitrogens with zero attached hydrogens (tertiary/aromatic N) is 5. The van der Waals surface area contributed by atoms with E-state index in [0.29, 0.717) is 5.39 Å². The number of benzene rings is 1. The normalized spacial score (nSPS) is 15.8. The van der Waals surface area contributed by atoms with E-state index in [2.05, 4.69) is 19.8 Å². The molecule has 0 radical (unpaired) electrons. The number of rotatable bonds is 4. The maximum Gasteiger partial charge on any atom is 0.261 e. The molecule has 142 valence electrons. The second kappa shape index (κ2) is 7.15. The van der Waals surface area contributed by atoms with Crippen LogP contribution >= 0.6 is 0 Å².